The Morgan fingerprint density at radius 2 is 1.91 bits per heavy atom. The minimum absolute atomic E-state index is 0. The second kappa shape index (κ2) is 7.99. The number of benzene rings is 2. The first-order valence-electron chi connectivity index (χ1n) is 7.54. The molecule has 2 aromatic carbocycles. The highest BCUT2D eigenvalue weighted by atomic mass is 35.5. The van der Waals surface area contributed by atoms with Gasteiger partial charge in [-0.25, -0.2) is 0 Å². The minimum Gasteiger partial charge on any atom is -0.489 e. The third-order valence-corrected chi connectivity index (χ3v) is 4.00. The number of amides is 1. The molecule has 1 aliphatic heterocycles. The molecule has 122 valence electrons. The molecule has 23 heavy (non-hydrogen) atoms. The van der Waals surface area contributed by atoms with Gasteiger partial charge in [-0.1, -0.05) is 42.5 Å². The molecule has 1 amide bonds. The molecule has 0 radical (unpaired) electrons. The summed E-state index contributed by atoms with van der Waals surface area (Å²) in [4.78, 5) is 11.2. The molecule has 0 saturated carbocycles. The monoisotopic (exact) mass is 332 g/mol. The molecule has 0 bridgehead atoms. The number of halogens is 1. The summed E-state index contributed by atoms with van der Waals surface area (Å²) < 4.78 is 5.85. The minimum atomic E-state index is -0.279. The smallest absolute Gasteiger partial charge is 0.234 e. The maximum Gasteiger partial charge on any atom is 0.234 e. The lowest BCUT2D eigenvalue weighted by Crippen LogP contribution is -2.37. The molecule has 3 N–H and O–H groups in total. The predicted molar refractivity (Wildman–Crippen MR) is 92.6 cm³/mol. The van der Waals surface area contributed by atoms with E-state index in [1.165, 1.54) is 0 Å². The Kier molecular flexibility index (Phi) is 6.02. The Morgan fingerprint density at radius 1 is 1.13 bits per heavy atom. The number of ether oxygens (including phenoxy) is 1. The lowest BCUT2D eigenvalue weighted by molar-refractivity contribution is -0.119. The molecule has 1 fully saturated rings. The van der Waals surface area contributed by atoms with E-state index in [0.717, 1.165) is 29.7 Å². The van der Waals surface area contributed by atoms with Crippen LogP contribution < -0.4 is 15.8 Å². The number of carbonyl (C=O) groups excluding carboxylic acids is 1. The fraction of sp³-hybridized carbons (Fsp3) is 0.278. The van der Waals surface area contributed by atoms with Crippen molar-refractivity contribution in [2.24, 2.45) is 5.73 Å². The van der Waals surface area contributed by atoms with Crippen molar-refractivity contribution in [3.8, 4) is 5.75 Å². The van der Waals surface area contributed by atoms with E-state index >= 15 is 0 Å². The third-order valence-electron chi connectivity index (χ3n) is 4.00. The molecule has 1 saturated heterocycles. The van der Waals surface area contributed by atoms with Gasteiger partial charge in [-0.05, 0) is 36.1 Å². The number of nitrogens with one attached hydrogen (secondary N) is 1. The van der Waals surface area contributed by atoms with Crippen LogP contribution in [-0.2, 0) is 11.4 Å². The van der Waals surface area contributed by atoms with Crippen molar-refractivity contribution < 1.29 is 9.53 Å². The van der Waals surface area contributed by atoms with Crippen molar-refractivity contribution in [1.82, 2.24) is 5.32 Å². The maximum atomic E-state index is 11.2. The van der Waals surface area contributed by atoms with Gasteiger partial charge in [0.25, 0.3) is 0 Å². The summed E-state index contributed by atoms with van der Waals surface area (Å²) in [5.41, 5.74) is 7.63. The van der Waals surface area contributed by atoms with E-state index < -0.39 is 0 Å². The zero-order valence-electron chi connectivity index (χ0n) is 12.8. The molecule has 1 heterocycles. The Labute approximate surface area is 142 Å². The van der Waals surface area contributed by atoms with Gasteiger partial charge < -0.3 is 10.5 Å². The second-order valence-corrected chi connectivity index (χ2v) is 5.60. The van der Waals surface area contributed by atoms with Crippen molar-refractivity contribution in [3.05, 3.63) is 65.7 Å². The molecule has 2 atom stereocenters. The van der Waals surface area contributed by atoms with Crippen LogP contribution in [-0.4, -0.2) is 11.9 Å². The highest BCUT2D eigenvalue weighted by molar-refractivity contribution is 5.85. The van der Waals surface area contributed by atoms with Gasteiger partial charge in [-0.3, -0.25) is 10.1 Å². The Morgan fingerprint density at radius 3 is 2.61 bits per heavy atom. The zero-order chi connectivity index (χ0) is 15.4. The lowest BCUT2D eigenvalue weighted by atomic mass is 10.1. The third kappa shape index (κ3) is 4.47. The average Bonchev–Trinajstić information content (AvgIpc) is 3.05. The molecular formula is C18H21ClN2O2. The fourth-order valence-corrected chi connectivity index (χ4v) is 2.79. The SMILES string of the molecule is Cl.NC(=O)[C@@H]1CC[C@H](c2cccc(OCc3ccccc3)c2)N1. The fourth-order valence-electron chi connectivity index (χ4n) is 2.79. The van der Waals surface area contributed by atoms with E-state index in [2.05, 4.69) is 11.4 Å². The maximum absolute atomic E-state index is 11.2. The number of nitrogens with two attached hydrogens (primary N) is 1. The van der Waals surface area contributed by atoms with Crippen molar-refractivity contribution in [3.63, 3.8) is 0 Å². The van der Waals surface area contributed by atoms with Gasteiger partial charge in [0.1, 0.15) is 12.4 Å². The number of primary amides is 1. The molecule has 0 aliphatic carbocycles. The Balaban J connectivity index is 0.00000192. The first kappa shape index (κ1) is 17.3. The zero-order valence-corrected chi connectivity index (χ0v) is 13.6. The van der Waals surface area contributed by atoms with Crippen LogP contribution >= 0.6 is 12.4 Å². The molecule has 1 aliphatic rings. The van der Waals surface area contributed by atoms with Crippen molar-refractivity contribution in [2.45, 2.75) is 31.5 Å². The van der Waals surface area contributed by atoms with E-state index in [1.807, 2.05) is 48.5 Å². The number of rotatable bonds is 5. The highest BCUT2D eigenvalue weighted by Crippen LogP contribution is 2.28. The molecule has 0 aromatic heterocycles. The highest BCUT2D eigenvalue weighted by Gasteiger charge is 2.28. The van der Waals surface area contributed by atoms with Crippen molar-refractivity contribution >= 4 is 18.3 Å². The van der Waals surface area contributed by atoms with Crippen molar-refractivity contribution in [1.29, 1.82) is 0 Å². The predicted octanol–water partition coefficient (Wildman–Crippen LogP) is 2.97. The van der Waals surface area contributed by atoms with Crippen LogP contribution in [0.1, 0.15) is 30.0 Å². The number of hydrogen-bond acceptors (Lipinski definition) is 3. The van der Waals surface area contributed by atoms with Gasteiger partial charge in [0, 0.05) is 6.04 Å². The summed E-state index contributed by atoms with van der Waals surface area (Å²) in [5, 5.41) is 3.28. The van der Waals surface area contributed by atoms with Crippen LogP contribution in [0.15, 0.2) is 54.6 Å². The van der Waals surface area contributed by atoms with Gasteiger partial charge in [0.2, 0.25) is 5.91 Å². The van der Waals surface area contributed by atoms with Gasteiger partial charge in [0.05, 0.1) is 6.04 Å². The van der Waals surface area contributed by atoms with E-state index in [4.69, 9.17) is 10.5 Å². The van der Waals surface area contributed by atoms with Gasteiger partial charge in [-0.2, -0.15) is 0 Å². The van der Waals surface area contributed by atoms with Gasteiger partial charge >= 0.3 is 0 Å². The van der Waals surface area contributed by atoms with Crippen LogP contribution in [0.3, 0.4) is 0 Å². The molecule has 0 unspecified atom stereocenters. The van der Waals surface area contributed by atoms with E-state index in [-0.39, 0.29) is 30.4 Å². The molecule has 4 nitrogen and oxygen atoms in total. The standard InChI is InChI=1S/C18H20N2O2.ClH/c19-18(21)17-10-9-16(20-17)14-7-4-8-15(11-14)22-12-13-5-2-1-3-6-13;/h1-8,11,16-17,20H,9-10,12H2,(H2,19,21);1H/t16-,17+;/m1./s1. The summed E-state index contributed by atoms with van der Waals surface area (Å²) >= 11 is 0. The lowest BCUT2D eigenvalue weighted by Gasteiger charge is -2.14. The largest absolute Gasteiger partial charge is 0.489 e. The summed E-state index contributed by atoms with van der Waals surface area (Å²) in [6, 6.07) is 18.0. The van der Waals surface area contributed by atoms with Crippen LogP contribution in [0.4, 0.5) is 0 Å². The molecular weight excluding hydrogens is 312 g/mol. The summed E-state index contributed by atoms with van der Waals surface area (Å²) in [7, 11) is 0. The Hall–Kier alpha value is -2.04. The topological polar surface area (TPSA) is 64.4 Å². The van der Waals surface area contributed by atoms with Gasteiger partial charge in [0.15, 0.2) is 0 Å². The summed E-state index contributed by atoms with van der Waals surface area (Å²) in [5.74, 6) is 0.560. The van der Waals surface area contributed by atoms with Gasteiger partial charge in [-0.15, -0.1) is 12.4 Å². The van der Waals surface area contributed by atoms with Crippen LogP contribution in [0.2, 0.25) is 0 Å². The molecule has 5 heteroatoms. The van der Waals surface area contributed by atoms with E-state index in [0.29, 0.717) is 6.61 Å². The summed E-state index contributed by atoms with van der Waals surface area (Å²) in [6.45, 7) is 0.548. The van der Waals surface area contributed by atoms with Crippen LogP contribution in [0.25, 0.3) is 0 Å². The number of carbonyl (C=O) groups is 1. The van der Waals surface area contributed by atoms with Crippen molar-refractivity contribution in [2.75, 3.05) is 0 Å². The molecule has 0 spiro atoms. The summed E-state index contributed by atoms with van der Waals surface area (Å²) in [6.07, 6.45) is 1.70. The van der Waals surface area contributed by atoms with Crippen LogP contribution in [0.5, 0.6) is 5.75 Å². The first-order valence-corrected chi connectivity index (χ1v) is 7.54. The normalized spacial score (nSPS) is 19.8. The Bertz CT molecular complexity index is 648. The first-order chi connectivity index (χ1) is 10.7. The molecule has 3 rings (SSSR count). The van der Waals surface area contributed by atoms with E-state index in [9.17, 15) is 4.79 Å². The quantitative estimate of drug-likeness (QED) is 0.884. The van der Waals surface area contributed by atoms with E-state index in [1.54, 1.807) is 0 Å². The average molecular weight is 333 g/mol. The second-order valence-electron chi connectivity index (χ2n) is 5.60. The van der Waals surface area contributed by atoms with Crippen LogP contribution in [0, 0.1) is 0 Å². The molecule has 2 aromatic rings. The number of hydrogen-bond donors (Lipinski definition) is 2.